The Morgan fingerprint density at radius 3 is 2.72 bits per heavy atom. The van der Waals surface area contributed by atoms with Crippen LogP contribution in [0.25, 0.3) is 11.4 Å². The lowest BCUT2D eigenvalue weighted by Gasteiger charge is -2.07. The maximum Gasteiger partial charge on any atom is 0.230 e. The van der Waals surface area contributed by atoms with E-state index in [1.165, 1.54) is 11.8 Å². The van der Waals surface area contributed by atoms with Crippen molar-refractivity contribution in [2.75, 3.05) is 5.75 Å². The normalized spacial score (nSPS) is 10.6. The number of halogens is 1. The molecule has 0 aliphatic rings. The van der Waals surface area contributed by atoms with Crippen molar-refractivity contribution in [1.82, 2.24) is 20.5 Å². The quantitative estimate of drug-likeness (QED) is 0.645. The molecule has 3 rings (SSSR count). The summed E-state index contributed by atoms with van der Waals surface area (Å²) in [5.41, 5.74) is 3.17. The highest BCUT2D eigenvalue weighted by atomic mass is 35.5. The first-order valence-corrected chi connectivity index (χ1v) is 9.10. The van der Waals surface area contributed by atoms with Gasteiger partial charge in [-0.25, -0.2) is 4.98 Å². The summed E-state index contributed by atoms with van der Waals surface area (Å²) in [6, 6.07) is 15.3. The molecule has 7 heteroatoms. The smallest absolute Gasteiger partial charge is 0.230 e. The van der Waals surface area contributed by atoms with Gasteiger partial charge in [-0.05, 0) is 42.3 Å². The lowest BCUT2D eigenvalue weighted by Crippen LogP contribution is -2.24. The van der Waals surface area contributed by atoms with Gasteiger partial charge in [-0.15, -0.1) is 5.10 Å². The zero-order valence-electron chi connectivity index (χ0n) is 13.6. The van der Waals surface area contributed by atoms with Crippen LogP contribution in [0.15, 0.2) is 53.7 Å². The maximum absolute atomic E-state index is 12.0. The zero-order chi connectivity index (χ0) is 17.6. The molecule has 128 valence electrons. The number of H-pyrrole nitrogens is 1. The van der Waals surface area contributed by atoms with E-state index in [2.05, 4.69) is 20.5 Å². The number of carbonyl (C=O) groups is 1. The van der Waals surface area contributed by atoms with Gasteiger partial charge in [0.2, 0.25) is 11.1 Å². The number of carbonyl (C=O) groups excluding carboxylic acids is 1. The number of aromatic amines is 1. The molecule has 0 saturated carbocycles. The molecule has 5 nitrogen and oxygen atoms in total. The molecular formula is C18H17ClN4OS. The minimum atomic E-state index is -0.0499. The lowest BCUT2D eigenvalue weighted by atomic mass is 10.1. The fraction of sp³-hybridized carbons (Fsp3) is 0.167. The van der Waals surface area contributed by atoms with Crippen molar-refractivity contribution in [2.24, 2.45) is 0 Å². The third-order valence-corrected chi connectivity index (χ3v) is 4.75. The monoisotopic (exact) mass is 372 g/mol. The van der Waals surface area contributed by atoms with Crippen molar-refractivity contribution in [3.8, 4) is 11.4 Å². The van der Waals surface area contributed by atoms with Crippen molar-refractivity contribution in [3.63, 3.8) is 0 Å². The number of nitrogens with one attached hydrogen (secondary N) is 2. The van der Waals surface area contributed by atoms with E-state index in [0.717, 1.165) is 16.7 Å². The Bertz CT molecular complexity index is 864. The van der Waals surface area contributed by atoms with Gasteiger partial charge in [-0.3, -0.25) is 9.89 Å². The summed E-state index contributed by atoms with van der Waals surface area (Å²) >= 11 is 7.17. The highest BCUT2D eigenvalue weighted by Crippen LogP contribution is 2.20. The average Bonchev–Trinajstić information content (AvgIpc) is 3.09. The van der Waals surface area contributed by atoms with Gasteiger partial charge in [0.1, 0.15) is 0 Å². The molecular weight excluding hydrogens is 356 g/mol. The van der Waals surface area contributed by atoms with E-state index >= 15 is 0 Å². The highest BCUT2D eigenvalue weighted by Gasteiger charge is 2.09. The van der Waals surface area contributed by atoms with Crippen LogP contribution in [0, 0.1) is 6.92 Å². The average molecular weight is 373 g/mol. The van der Waals surface area contributed by atoms with Gasteiger partial charge < -0.3 is 5.32 Å². The predicted molar refractivity (Wildman–Crippen MR) is 101 cm³/mol. The number of aromatic nitrogens is 3. The molecule has 3 aromatic rings. The summed E-state index contributed by atoms with van der Waals surface area (Å²) in [5.74, 6) is 0.870. The van der Waals surface area contributed by atoms with Crippen LogP contribution in [-0.4, -0.2) is 26.8 Å². The van der Waals surface area contributed by atoms with E-state index in [0.29, 0.717) is 22.5 Å². The van der Waals surface area contributed by atoms with Crippen LogP contribution < -0.4 is 5.32 Å². The predicted octanol–water partition coefficient (Wildman–Crippen LogP) is 3.84. The Morgan fingerprint density at radius 1 is 1.20 bits per heavy atom. The van der Waals surface area contributed by atoms with Crippen LogP contribution in [0.2, 0.25) is 5.02 Å². The Morgan fingerprint density at radius 2 is 1.96 bits per heavy atom. The number of amides is 1. The third-order valence-electron chi connectivity index (χ3n) is 3.65. The molecule has 1 aromatic heterocycles. The SMILES string of the molecule is Cc1ccccc1CNC(=O)CSc1n[nH]c(-c2ccc(Cl)cc2)n1. The van der Waals surface area contributed by atoms with Crippen LogP contribution in [0.1, 0.15) is 11.1 Å². The van der Waals surface area contributed by atoms with Crippen LogP contribution in [-0.2, 0) is 11.3 Å². The molecule has 0 atom stereocenters. The van der Waals surface area contributed by atoms with E-state index in [-0.39, 0.29) is 11.7 Å². The van der Waals surface area contributed by atoms with Crippen molar-refractivity contribution in [3.05, 3.63) is 64.7 Å². The van der Waals surface area contributed by atoms with Gasteiger partial charge in [0.15, 0.2) is 5.82 Å². The summed E-state index contributed by atoms with van der Waals surface area (Å²) in [6.45, 7) is 2.55. The molecule has 1 amide bonds. The summed E-state index contributed by atoms with van der Waals surface area (Å²) in [6.07, 6.45) is 0. The standard InChI is InChI=1S/C18H17ClN4OS/c1-12-4-2-3-5-14(12)10-20-16(24)11-25-18-21-17(22-23-18)13-6-8-15(19)9-7-13/h2-9H,10-11H2,1H3,(H,20,24)(H,21,22,23). The molecule has 0 radical (unpaired) electrons. The van der Waals surface area contributed by atoms with E-state index in [1.54, 1.807) is 12.1 Å². The van der Waals surface area contributed by atoms with Crippen LogP contribution in [0.5, 0.6) is 0 Å². The largest absolute Gasteiger partial charge is 0.351 e. The molecule has 0 unspecified atom stereocenters. The topological polar surface area (TPSA) is 70.7 Å². The third kappa shape index (κ3) is 4.84. The van der Waals surface area contributed by atoms with Gasteiger partial charge in [0, 0.05) is 17.1 Å². The number of benzene rings is 2. The second kappa shape index (κ2) is 8.18. The zero-order valence-corrected chi connectivity index (χ0v) is 15.2. The van der Waals surface area contributed by atoms with E-state index in [1.807, 2.05) is 43.3 Å². The van der Waals surface area contributed by atoms with Gasteiger partial charge in [0.05, 0.1) is 5.75 Å². The molecule has 0 bridgehead atoms. The first-order chi connectivity index (χ1) is 12.1. The first-order valence-electron chi connectivity index (χ1n) is 7.74. The molecule has 0 aliphatic carbocycles. The molecule has 2 N–H and O–H groups in total. The number of rotatable bonds is 6. The van der Waals surface area contributed by atoms with Gasteiger partial charge in [-0.1, -0.05) is 47.6 Å². The number of hydrogen-bond donors (Lipinski definition) is 2. The van der Waals surface area contributed by atoms with E-state index in [9.17, 15) is 4.79 Å². The lowest BCUT2D eigenvalue weighted by molar-refractivity contribution is -0.118. The van der Waals surface area contributed by atoms with Crippen molar-refractivity contribution < 1.29 is 4.79 Å². The second-order valence-electron chi connectivity index (χ2n) is 5.47. The van der Waals surface area contributed by atoms with Crippen molar-refractivity contribution >= 4 is 29.3 Å². The van der Waals surface area contributed by atoms with Crippen molar-refractivity contribution in [1.29, 1.82) is 0 Å². The Labute approximate surface area is 155 Å². The second-order valence-corrected chi connectivity index (χ2v) is 6.84. The molecule has 25 heavy (non-hydrogen) atoms. The Balaban J connectivity index is 1.51. The first kappa shape index (κ1) is 17.5. The van der Waals surface area contributed by atoms with E-state index < -0.39 is 0 Å². The minimum absolute atomic E-state index is 0.0499. The molecule has 0 aliphatic heterocycles. The molecule has 1 heterocycles. The van der Waals surface area contributed by atoms with Crippen LogP contribution in [0.3, 0.4) is 0 Å². The molecule has 0 saturated heterocycles. The summed E-state index contributed by atoms with van der Waals surface area (Å²) in [4.78, 5) is 16.4. The maximum atomic E-state index is 12.0. The molecule has 0 spiro atoms. The minimum Gasteiger partial charge on any atom is -0.351 e. The summed E-state index contributed by atoms with van der Waals surface area (Å²) in [7, 11) is 0. The summed E-state index contributed by atoms with van der Waals surface area (Å²) < 4.78 is 0. The highest BCUT2D eigenvalue weighted by molar-refractivity contribution is 7.99. The summed E-state index contributed by atoms with van der Waals surface area (Å²) in [5, 5.41) is 11.1. The number of nitrogens with zero attached hydrogens (tertiary/aromatic N) is 2. The molecule has 2 aromatic carbocycles. The fourth-order valence-electron chi connectivity index (χ4n) is 2.23. The van der Waals surface area contributed by atoms with Gasteiger partial charge in [-0.2, -0.15) is 0 Å². The van der Waals surface area contributed by atoms with Crippen LogP contribution in [0.4, 0.5) is 0 Å². The fourth-order valence-corrected chi connectivity index (χ4v) is 2.99. The molecule has 0 fully saturated rings. The Hall–Kier alpha value is -2.31. The number of thioether (sulfide) groups is 1. The van der Waals surface area contributed by atoms with Gasteiger partial charge >= 0.3 is 0 Å². The van der Waals surface area contributed by atoms with Crippen molar-refractivity contribution in [2.45, 2.75) is 18.6 Å². The Kier molecular flexibility index (Phi) is 5.73. The number of aryl methyl sites for hydroxylation is 1. The van der Waals surface area contributed by atoms with Gasteiger partial charge in [0.25, 0.3) is 0 Å². The van der Waals surface area contributed by atoms with E-state index in [4.69, 9.17) is 11.6 Å². The number of hydrogen-bond acceptors (Lipinski definition) is 4. The van der Waals surface area contributed by atoms with Crippen LogP contribution >= 0.6 is 23.4 Å².